The molecule has 0 bridgehead atoms. The van der Waals surface area contributed by atoms with Gasteiger partial charge in [0.2, 0.25) is 0 Å². The molecule has 0 aliphatic carbocycles. The van der Waals surface area contributed by atoms with Crippen molar-refractivity contribution >= 4 is 15.9 Å². The lowest BCUT2D eigenvalue weighted by molar-refractivity contribution is -0.125. The average molecular weight is 328 g/mol. The number of piperidine rings is 1. The van der Waals surface area contributed by atoms with Crippen LogP contribution in [0.2, 0.25) is 0 Å². The van der Waals surface area contributed by atoms with E-state index < -0.39 is 27.8 Å². The molecule has 1 atom stereocenters. The van der Waals surface area contributed by atoms with Gasteiger partial charge in [0.15, 0.2) is 0 Å². The molecule has 22 heavy (non-hydrogen) atoms. The molecule has 7 heteroatoms. The molecule has 1 saturated heterocycles. The number of carbonyl (C=O) groups is 1. The fourth-order valence-electron chi connectivity index (χ4n) is 2.78. The van der Waals surface area contributed by atoms with E-state index in [2.05, 4.69) is 4.72 Å². The highest BCUT2D eigenvalue weighted by atomic mass is 32.2. The topological polar surface area (TPSA) is 66.5 Å². The average Bonchev–Trinajstić information content (AvgIpc) is 2.45. The Bertz CT molecular complexity index is 641. The zero-order chi connectivity index (χ0) is 16.3. The highest BCUT2D eigenvalue weighted by Gasteiger charge is 2.30. The number of aryl methyl sites for hydroxylation is 1. The van der Waals surface area contributed by atoms with Crippen LogP contribution in [0.15, 0.2) is 23.1 Å². The molecule has 122 valence electrons. The summed E-state index contributed by atoms with van der Waals surface area (Å²) in [4.78, 5) is 14.0. The summed E-state index contributed by atoms with van der Waals surface area (Å²) in [6, 6.07) is 3.06. The van der Waals surface area contributed by atoms with E-state index in [-0.39, 0.29) is 4.90 Å². The van der Waals surface area contributed by atoms with Crippen molar-refractivity contribution in [2.45, 2.75) is 44.0 Å². The van der Waals surface area contributed by atoms with Gasteiger partial charge in [0.25, 0.3) is 15.9 Å². The predicted molar refractivity (Wildman–Crippen MR) is 81.4 cm³/mol. The first-order valence-electron chi connectivity index (χ1n) is 7.41. The number of rotatable bonds is 4. The van der Waals surface area contributed by atoms with Crippen LogP contribution in [-0.4, -0.2) is 38.4 Å². The smallest absolute Gasteiger partial charge is 0.264 e. The van der Waals surface area contributed by atoms with E-state index >= 15 is 0 Å². The summed E-state index contributed by atoms with van der Waals surface area (Å²) in [5.41, 5.74) is 0.487. The van der Waals surface area contributed by atoms with Crippen LogP contribution in [0.5, 0.6) is 0 Å². The van der Waals surface area contributed by atoms with Crippen LogP contribution in [0, 0.1) is 12.7 Å². The van der Waals surface area contributed by atoms with Crippen molar-refractivity contribution in [1.29, 1.82) is 0 Å². The lowest BCUT2D eigenvalue weighted by atomic mass is 10.0. The van der Waals surface area contributed by atoms with Crippen molar-refractivity contribution in [2.75, 3.05) is 13.1 Å². The van der Waals surface area contributed by atoms with Crippen molar-refractivity contribution in [1.82, 2.24) is 9.62 Å². The second-order valence-electron chi connectivity index (χ2n) is 5.57. The van der Waals surface area contributed by atoms with E-state index in [1.807, 2.05) is 11.8 Å². The zero-order valence-electron chi connectivity index (χ0n) is 12.8. The number of nitrogens with zero attached hydrogens (tertiary/aromatic N) is 1. The number of hydrogen-bond acceptors (Lipinski definition) is 4. The molecule has 1 N–H and O–H groups in total. The van der Waals surface area contributed by atoms with Gasteiger partial charge in [-0.25, -0.2) is 17.5 Å². The van der Waals surface area contributed by atoms with Crippen molar-refractivity contribution in [3.63, 3.8) is 0 Å². The quantitative estimate of drug-likeness (QED) is 0.915. The lowest BCUT2D eigenvalue weighted by Gasteiger charge is -2.33. The van der Waals surface area contributed by atoms with Crippen LogP contribution in [0.4, 0.5) is 4.39 Å². The molecule has 1 aliphatic heterocycles. The summed E-state index contributed by atoms with van der Waals surface area (Å²) in [6.07, 6.45) is 2.54. The summed E-state index contributed by atoms with van der Waals surface area (Å²) in [5, 5.41) is 0. The van der Waals surface area contributed by atoms with Crippen molar-refractivity contribution in [3.8, 4) is 0 Å². The first-order chi connectivity index (χ1) is 10.3. The van der Waals surface area contributed by atoms with Gasteiger partial charge < -0.3 is 0 Å². The predicted octanol–water partition coefficient (Wildman–Crippen LogP) is 1.81. The van der Waals surface area contributed by atoms with Crippen molar-refractivity contribution in [3.05, 3.63) is 29.6 Å². The Morgan fingerprint density at radius 3 is 2.73 bits per heavy atom. The summed E-state index contributed by atoms with van der Waals surface area (Å²) in [5.74, 6) is -1.18. The van der Waals surface area contributed by atoms with Gasteiger partial charge in [-0.05, 0) is 56.6 Å². The Kier molecular flexibility index (Phi) is 5.18. The minimum atomic E-state index is -4.05. The maximum atomic E-state index is 13.4. The SMILES string of the molecule is CCN1CCCCC1C(=O)NS(=O)(=O)c1cc(C)cc(F)c1. The van der Waals surface area contributed by atoms with Gasteiger partial charge in [-0.1, -0.05) is 13.3 Å². The summed E-state index contributed by atoms with van der Waals surface area (Å²) >= 11 is 0. The van der Waals surface area contributed by atoms with Gasteiger partial charge in [-0.2, -0.15) is 0 Å². The minimum Gasteiger partial charge on any atom is -0.292 e. The Morgan fingerprint density at radius 2 is 2.09 bits per heavy atom. The Hall–Kier alpha value is -1.47. The molecule has 0 radical (unpaired) electrons. The zero-order valence-corrected chi connectivity index (χ0v) is 13.6. The third-order valence-corrected chi connectivity index (χ3v) is 5.21. The van der Waals surface area contributed by atoms with E-state index in [9.17, 15) is 17.6 Å². The van der Waals surface area contributed by atoms with Crippen molar-refractivity contribution < 1.29 is 17.6 Å². The molecule has 1 aliphatic rings. The molecular formula is C15H21FN2O3S. The lowest BCUT2D eigenvalue weighted by Crippen LogP contribution is -2.50. The maximum absolute atomic E-state index is 13.4. The summed E-state index contributed by atoms with van der Waals surface area (Å²) in [6.45, 7) is 5.02. The highest BCUT2D eigenvalue weighted by Crippen LogP contribution is 2.18. The molecule has 1 amide bonds. The molecule has 1 unspecified atom stereocenters. The molecule has 1 heterocycles. The van der Waals surface area contributed by atoms with Gasteiger partial charge >= 0.3 is 0 Å². The van der Waals surface area contributed by atoms with Gasteiger partial charge in [0, 0.05) is 0 Å². The van der Waals surface area contributed by atoms with E-state index in [0.717, 1.165) is 25.5 Å². The van der Waals surface area contributed by atoms with Crippen LogP contribution in [0.1, 0.15) is 31.7 Å². The normalized spacial score (nSPS) is 19.9. The van der Waals surface area contributed by atoms with Crippen LogP contribution in [0.25, 0.3) is 0 Å². The molecule has 1 aromatic rings. The van der Waals surface area contributed by atoms with Gasteiger partial charge in [-0.3, -0.25) is 9.69 Å². The molecule has 1 fully saturated rings. The molecule has 0 spiro atoms. The molecule has 0 saturated carbocycles. The van der Waals surface area contributed by atoms with E-state index in [1.165, 1.54) is 12.1 Å². The molecule has 0 aromatic heterocycles. The molecule has 5 nitrogen and oxygen atoms in total. The number of sulfonamides is 1. The second kappa shape index (κ2) is 6.75. The summed E-state index contributed by atoms with van der Waals surface area (Å²) < 4.78 is 40.0. The number of amides is 1. The van der Waals surface area contributed by atoms with Crippen LogP contribution in [0.3, 0.4) is 0 Å². The van der Waals surface area contributed by atoms with Crippen LogP contribution >= 0.6 is 0 Å². The Labute approximate surface area is 130 Å². The number of likely N-dealkylation sites (N-methyl/N-ethyl adjacent to an activating group) is 1. The van der Waals surface area contributed by atoms with Crippen LogP contribution in [-0.2, 0) is 14.8 Å². The van der Waals surface area contributed by atoms with Gasteiger partial charge in [-0.15, -0.1) is 0 Å². The standard InChI is InChI=1S/C15H21FN2O3S/c1-3-18-7-5-4-6-14(18)15(19)17-22(20,21)13-9-11(2)8-12(16)10-13/h8-10,14H,3-7H2,1-2H3,(H,17,19). The third kappa shape index (κ3) is 3.84. The van der Waals surface area contributed by atoms with E-state index in [4.69, 9.17) is 0 Å². The largest absolute Gasteiger partial charge is 0.292 e. The Balaban J connectivity index is 2.18. The molecular weight excluding hydrogens is 307 g/mol. The molecule has 1 aromatic carbocycles. The number of carbonyl (C=O) groups excluding carboxylic acids is 1. The number of likely N-dealkylation sites (tertiary alicyclic amines) is 1. The van der Waals surface area contributed by atoms with Crippen molar-refractivity contribution in [2.24, 2.45) is 0 Å². The maximum Gasteiger partial charge on any atom is 0.264 e. The highest BCUT2D eigenvalue weighted by molar-refractivity contribution is 7.90. The fourth-order valence-corrected chi connectivity index (χ4v) is 3.91. The third-order valence-electron chi connectivity index (χ3n) is 3.88. The Morgan fingerprint density at radius 1 is 1.36 bits per heavy atom. The first-order valence-corrected chi connectivity index (χ1v) is 8.89. The summed E-state index contributed by atoms with van der Waals surface area (Å²) in [7, 11) is -4.05. The monoisotopic (exact) mass is 328 g/mol. The van der Waals surface area contributed by atoms with Gasteiger partial charge in [0.05, 0.1) is 10.9 Å². The van der Waals surface area contributed by atoms with E-state index in [0.29, 0.717) is 18.5 Å². The van der Waals surface area contributed by atoms with E-state index in [1.54, 1.807) is 6.92 Å². The fraction of sp³-hybridized carbons (Fsp3) is 0.533. The minimum absolute atomic E-state index is 0.225. The number of benzene rings is 1. The van der Waals surface area contributed by atoms with Crippen LogP contribution < -0.4 is 4.72 Å². The second-order valence-corrected chi connectivity index (χ2v) is 7.26. The van der Waals surface area contributed by atoms with Gasteiger partial charge in [0.1, 0.15) is 5.82 Å². The molecule has 2 rings (SSSR count). The number of nitrogens with one attached hydrogen (secondary N) is 1. The number of hydrogen-bond donors (Lipinski definition) is 1. The first kappa shape index (κ1) is 16.9. The number of halogens is 1.